The van der Waals surface area contributed by atoms with E-state index < -0.39 is 4.92 Å². The highest BCUT2D eigenvalue weighted by Crippen LogP contribution is 2.13. The molecular weight excluding hydrogens is 310 g/mol. The van der Waals surface area contributed by atoms with Gasteiger partial charge in [-0.2, -0.15) is 0 Å². The highest BCUT2D eigenvalue weighted by Gasteiger charge is 2.15. The van der Waals surface area contributed by atoms with Crippen LogP contribution in [0.1, 0.15) is 24.7 Å². The van der Waals surface area contributed by atoms with Gasteiger partial charge in [-0.15, -0.1) is 0 Å². The Bertz CT molecular complexity index is 726. The fourth-order valence-electron chi connectivity index (χ4n) is 2.28. The molecule has 1 heterocycles. The molecule has 2 N–H and O–H groups in total. The molecule has 0 saturated carbocycles. The van der Waals surface area contributed by atoms with Crippen LogP contribution < -0.4 is 10.6 Å². The second-order valence-corrected chi connectivity index (χ2v) is 5.38. The largest absolute Gasteiger partial charge is 0.381 e. The first kappa shape index (κ1) is 17.6. The molecule has 0 aliphatic heterocycles. The van der Waals surface area contributed by atoms with Crippen molar-refractivity contribution in [3.8, 4) is 0 Å². The zero-order valence-corrected chi connectivity index (χ0v) is 13.8. The first-order valence-corrected chi connectivity index (χ1v) is 7.77. The molecule has 0 radical (unpaired) electrons. The number of nitro groups is 1. The summed E-state index contributed by atoms with van der Waals surface area (Å²) in [5.74, 6) is 0.164. The number of imidazole rings is 1. The van der Waals surface area contributed by atoms with E-state index in [9.17, 15) is 14.9 Å². The number of nitrogens with one attached hydrogen (secondary N) is 2. The van der Waals surface area contributed by atoms with Crippen LogP contribution in [0.15, 0.2) is 30.5 Å². The number of aryl methyl sites for hydroxylation is 2. The Morgan fingerprint density at radius 2 is 2.21 bits per heavy atom. The number of anilines is 1. The summed E-state index contributed by atoms with van der Waals surface area (Å²) < 4.78 is 1.61. The Hall–Kier alpha value is -2.74. The van der Waals surface area contributed by atoms with Crippen molar-refractivity contribution in [3.63, 3.8) is 0 Å². The minimum atomic E-state index is -0.542. The van der Waals surface area contributed by atoms with Crippen LogP contribution in [0.4, 0.5) is 11.5 Å². The first-order valence-electron chi connectivity index (χ1n) is 7.77. The number of carbonyl (C=O) groups excluding carboxylic acids is 1. The molecule has 2 aromatic rings. The van der Waals surface area contributed by atoms with Crippen LogP contribution in [0.3, 0.4) is 0 Å². The van der Waals surface area contributed by atoms with E-state index >= 15 is 0 Å². The van der Waals surface area contributed by atoms with Crippen LogP contribution >= 0.6 is 0 Å². The van der Waals surface area contributed by atoms with Gasteiger partial charge in [0.2, 0.25) is 11.7 Å². The summed E-state index contributed by atoms with van der Waals surface area (Å²) in [6.07, 6.45) is 1.56. The molecule has 0 unspecified atom stereocenters. The van der Waals surface area contributed by atoms with Crippen molar-refractivity contribution in [1.82, 2.24) is 14.9 Å². The van der Waals surface area contributed by atoms with E-state index in [1.54, 1.807) is 11.5 Å². The van der Waals surface area contributed by atoms with Crippen molar-refractivity contribution >= 4 is 17.4 Å². The molecule has 0 saturated heterocycles. The summed E-state index contributed by atoms with van der Waals surface area (Å²) in [4.78, 5) is 26.1. The highest BCUT2D eigenvalue weighted by atomic mass is 16.6. The van der Waals surface area contributed by atoms with Gasteiger partial charge in [-0.25, -0.2) is 0 Å². The Balaban J connectivity index is 1.90. The van der Waals surface area contributed by atoms with Crippen molar-refractivity contribution in [3.05, 3.63) is 52.0 Å². The fraction of sp³-hybridized carbons (Fsp3) is 0.375. The topological polar surface area (TPSA) is 102 Å². The van der Waals surface area contributed by atoms with Gasteiger partial charge in [0.1, 0.15) is 6.20 Å². The summed E-state index contributed by atoms with van der Waals surface area (Å²) in [6.45, 7) is 5.68. The number of amides is 1. The van der Waals surface area contributed by atoms with Gasteiger partial charge in [0.05, 0.1) is 0 Å². The molecule has 1 amide bonds. The number of rotatable bonds is 8. The molecule has 8 heteroatoms. The van der Waals surface area contributed by atoms with Crippen molar-refractivity contribution in [2.45, 2.75) is 33.4 Å². The lowest BCUT2D eigenvalue weighted by Gasteiger charge is -2.08. The fourth-order valence-corrected chi connectivity index (χ4v) is 2.28. The van der Waals surface area contributed by atoms with Gasteiger partial charge in [-0.3, -0.25) is 4.79 Å². The SMILES string of the molecule is CCNCc1cccc(NC(=O)CCn2cc([N+](=O)[O-])nc2C)c1. The van der Waals surface area contributed by atoms with Crippen molar-refractivity contribution in [2.75, 3.05) is 11.9 Å². The van der Waals surface area contributed by atoms with Gasteiger partial charge in [0.15, 0.2) is 0 Å². The van der Waals surface area contributed by atoms with Crippen molar-refractivity contribution < 1.29 is 9.72 Å². The summed E-state index contributed by atoms with van der Waals surface area (Å²) in [5.41, 5.74) is 1.83. The average Bonchev–Trinajstić information content (AvgIpc) is 2.93. The second kappa shape index (κ2) is 8.21. The lowest BCUT2D eigenvalue weighted by Crippen LogP contribution is -2.15. The Labute approximate surface area is 140 Å². The molecule has 0 bridgehead atoms. The molecule has 0 aliphatic rings. The van der Waals surface area contributed by atoms with Crippen LogP contribution in [-0.4, -0.2) is 26.9 Å². The Morgan fingerprint density at radius 1 is 1.42 bits per heavy atom. The minimum Gasteiger partial charge on any atom is -0.358 e. The van der Waals surface area contributed by atoms with Gasteiger partial charge in [0, 0.05) is 32.1 Å². The highest BCUT2D eigenvalue weighted by molar-refractivity contribution is 5.90. The zero-order valence-electron chi connectivity index (χ0n) is 13.8. The second-order valence-electron chi connectivity index (χ2n) is 5.38. The van der Waals surface area contributed by atoms with E-state index in [1.165, 1.54) is 6.20 Å². The number of carbonyl (C=O) groups is 1. The van der Waals surface area contributed by atoms with E-state index in [2.05, 4.69) is 15.6 Å². The van der Waals surface area contributed by atoms with Gasteiger partial charge in [-0.05, 0) is 34.1 Å². The van der Waals surface area contributed by atoms with Crippen molar-refractivity contribution in [1.29, 1.82) is 0 Å². The molecule has 0 atom stereocenters. The molecule has 0 aliphatic carbocycles. The summed E-state index contributed by atoms with van der Waals surface area (Å²) >= 11 is 0. The predicted molar refractivity (Wildman–Crippen MR) is 90.7 cm³/mol. The van der Waals surface area contributed by atoms with Crippen LogP contribution in [-0.2, 0) is 17.9 Å². The lowest BCUT2D eigenvalue weighted by atomic mass is 10.2. The number of hydrogen-bond acceptors (Lipinski definition) is 5. The van der Waals surface area contributed by atoms with E-state index in [1.807, 2.05) is 31.2 Å². The molecular formula is C16H21N5O3. The van der Waals surface area contributed by atoms with Crippen LogP contribution in [0.5, 0.6) is 0 Å². The third kappa shape index (κ3) is 4.88. The van der Waals surface area contributed by atoms with Gasteiger partial charge < -0.3 is 25.3 Å². The number of hydrogen-bond donors (Lipinski definition) is 2. The van der Waals surface area contributed by atoms with Crippen LogP contribution in [0.2, 0.25) is 0 Å². The van der Waals surface area contributed by atoms with E-state index in [-0.39, 0.29) is 18.1 Å². The smallest absolute Gasteiger partial charge is 0.358 e. The maximum Gasteiger partial charge on any atom is 0.381 e. The Kier molecular flexibility index (Phi) is 6.02. The molecule has 0 spiro atoms. The average molecular weight is 331 g/mol. The monoisotopic (exact) mass is 331 g/mol. The first-order chi connectivity index (χ1) is 11.5. The Morgan fingerprint density at radius 3 is 2.88 bits per heavy atom. The third-order valence-electron chi connectivity index (χ3n) is 3.52. The molecule has 0 fully saturated rings. The maximum absolute atomic E-state index is 12.1. The summed E-state index contributed by atoms with van der Waals surface area (Å²) in [7, 11) is 0. The van der Waals surface area contributed by atoms with Crippen molar-refractivity contribution in [2.24, 2.45) is 0 Å². The van der Waals surface area contributed by atoms with Gasteiger partial charge in [0.25, 0.3) is 0 Å². The van der Waals surface area contributed by atoms with E-state index in [0.717, 1.165) is 24.3 Å². The predicted octanol–water partition coefficient (Wildman–Crippen LogP) is 2.24. The van der Waals surface area contributed by atoms with E-state index in [0.29, 0.717) is 12.4 Å². The zero-order chi connectivity index (χ0) is 17.5. The lowest BCUT2D eigenvalue weighted by molar-refractivity contribution is -0.389. The van der Waals surface area contributed by atoms with E-state index in [4.69, 9.17) is 0 Å². The summed E-state index contributed by atoms with van der Waals surface area (Å²) in [6, 6.07) is 7.65. The van der Waals surface area contributed by atoms with Crippen LogP contribution in [0.25, 0.3) is 0 Å². The quantitative estimate of drug-likeness (QED) is 0.570. The molecule has 128 valence electrons. The molecule has 1 aromatic carbocycles. The minimum absolute atomic E-state index is 0.147. The normalized spacial score (nSPS) is 10.6. The number of nitrogens with zero attached hydrogens (tertiary/aromatic N) is 3. The number of aromatic nitrogens is 2. The molecule has 2 rings (SSSR count). The number of benzene rings is 1. The maximum atomic E-state index is 12.1. The molecule has 24 heavy (non-hydrogen) atoms. The van der Waals surface area contributed by atoms with Crippen LogP contribution in [0, 0.1) is 17.0 Å². The molecule has 8 nitrogen and oxygen atoms in total. The standard InChI is InChI=1S/C16H21N5O3/c1-3-17-10-13-5-4-6-14(9-13)19-16(22)7-8-20-11-15(21(23)24)18-12(20)2/h4-6,9,11,17H,3,7-8,10H2,1-2H3,(H,19,22). The third-order valence-corrected chi connectivity index (χ3v) is 3.52. The summed E-state index contributed by atoms with van der Waals surface area (Å²) in [5, 5.41) is 16.8. The van der Waals surface area contributed by atoms with Gasteiger partial charge >= 0.3 is 5.82 Å². The molecule has 1 aromatic heterocycles. The van der Waals surface area contributed by atoms with Gasteiger partial charge in [-0.1, -0.05) is 19.1 Å².